The largest absolute Gasteiger partial charge is 0.399 e. The number of fused-ring (bicyclic) bond motifs is 1. The van der Waals surface area contributed by atoms with Crippen LogP contribution in [-0.4, -0.2) is 16.5 Å². The zero-order valence-corrected chi connectivity index (χ0v) is 14.4. The highest BCUT2D eigenvalue weighted by molar-refractivity contribution is 5.92. The average molecular weight is 340 g/mol. The van der Waals surface area contributed by atoms with Crippen LogP contribution in [0.3, 0.4) is 0 Å². The zero-order valence-electron chi connectivity index (χ0n) is 14.4. The van der Waals surface area contributed by atoms with Crippen LogP contribution in [0.1, 0.15) is 5.56 Å². The average Bonchev–Trinajstić information content (AvgIpc) is 2.69. The number of aromatic nitrogens is 2. The summed E-state index contributed by atoms with van der Waals surface area (Å²) in [6.07, 6.45) is 0.933. The smallest absolute Gasteiger partial charge is 0.162 e. The molecule has 0 unspecified atom stereocenters. The van der Waals surface area contributed by atoms with Crippen molar-refractivity contribution in [1.29, 1.82) is 0 Å². The maximum absolute atomic E-state index is 5.96. The maximum atomic E-state index is 5.96. The lowest BCUT2D eigenvalue weighted by molar-refractivity contribution is 1.01. The number of nitrogen functional groups attached to an aromatic ring is 1. The second-order valence-corrected chi connectivity index (χ2v) is 6.20. The lowest BCUT2D eigenvalue weighted by Crippen LogP contribution is -2.08. The summed E-state index contributed by atoms with van der Waals surface area (Å²) in [5.41, 5.74) is 9.79. The molecular weight excluding hydrogens is 320 g/mol. The van der Waals surface area contributed by atoms with Crippen molar-refractivity contribution in [3.8, 4) is 11.4 Å². The molecule has 0 atom stereocenters. The Kier molecular flexibility index (Phi) is 4.48. The van der Waals surface area contributed by atoms with E-state index in [1.165, 1.54) is 5.56 Å². The van der Waals surface area contributed by atoms with Gasteiger partial charge in [-0.2, -0.15) is 0 Å². The fraction of sp³-hybridized carbons (Fsp3) is 0.0909. The molecule has 1 aromatic heterocycles. The van der Waals surface area contributed by atoms with Gasteiger partial charge in [-0.15, -0.1) is 0 Å². The Morgan fingerprint density at radius 3 is 2.31 bits per heavy atom. The van der Waals surface area contributed by atoms with Crippen molar-refractivity contribution in [2.75, 3.05) is 17.6 Å². The molecule has 0 spiro atoms. The topological polar surface area (TPSA) is 63.8 Å². The lowest BCUT2D eigenvalue weighted by atomic mass is 10.1. The number of hydrogen-bond donors (Lipinski definition) is 2. The molecule has 0 fully saturated rings. The van der Waals surface area contributed by atoms with E-state index in [0.29, 0.717) is 11.5 Å². The van der Waals surface area contributed by atoms with Gasteiger partial charge in [-0.3, -0.25) is 0 Å². The second-order valence-electron chi connectivity index (χ2n) is 6.20. The third-order valence-corrected chi connectivity index (χ3v) is 4.30. The van der Waals surface area contributed by atoms with Gasteiger partial charge in [0.05, 0.1) is 5.52 Å². The normalized spacial score (nSPS) is 10.8. The minimum Gasteiger partial charge on any atom is -0.399 e. The molecule has 3 aromatic carbocycles. The van der Waals surface area contributed by atoms with Crippen LogP contribution < -0.4 is 11.1 Å². The highest BCUT2D eigenvalue weighted by atomic mass is 15.0. The molecule has 0 radical (unpaired) electrons. The zero-order chi connectivity index (χ0) is 17.8. The Morgan fingerprint density at radius 2 is 1.54 bits per heavy atom. The highest BCUT2D eigenvalue weighted by Crippen LogP contribution is 2.26. The fourth-order valence-corrected chi connectivity index (χ4v) is 2.97. The molecule has 4 heteroatoms. The Labute approximate surface area is 152 Å². The van der Waals surface area contributed by atoms with Gasteiger partial charge in [-0.05, 0) is 30.2 Å². The van der Waals surface area contributed by atoms with Crippen molar-refractivity contribution in [1.82, 2.24) is 9.97 Å². The predicted molar refractivity (Wildman–Crippen MR) is 108 cm³/mol. The van der Waals surface area contributed by atoms with E-state index in [1.54, 1.807) is 0 Å². The maximum Gasteiger partial charge on any atom is 0.162 e. The lowest BCUT2D eigenvalue weighted by Gasteiger charge is -2.11. The molecular formula is C22H20N4. The van der Waals surface area contributed by atoms with Gasteiger partial charge in [0.25, 0.3) is 0 Å². The summed E-state index contributed by atoms with van der Waals surface area (Å²) >= 11 is 0. The van der Waals surface area contributed by atoms with Crippen LogP contribution in [0, 0.1) is 0 Å². The summed E-state index contributed by atoms with van der Waals surface area (Å²) in [6, 6.07) is 26.2. The number of rotatable bonds is 5. The minimum absolute atomic E-state index is 0.699. The highest BCUT2D eigenvalue weighted by Gasteiger charge is 2.09. The van der Waals surface area contributed by atoms with Gasteiger partial charge in [0, 0.05) is 23.2 Å². The molecule has 0 bridgehead atoms. The molecule has 128 valence electrons. The third-order valence-electron chi connectivity index (χ3n) is 4.30. The SMILES string of the molecule is Nc1ccc2c(NCCc3ccccc3)nc(-c3ccccc3)nc2c1. The molecule has 4 nitrogen and oxygen atoms in total. The van der Waals surface area contributed by atoms with Gasteiger partial charge < -0.3 is 11.1 Å². The minimum atomic E-state index is 0.699. The van der Waals surface area contributed by atoms with E-state index in [4.69, 9.17) is 15.7 Å². The molecule has 0 saturated heterocycles. The quantitative estimate of drug-likeness (QED) is 0.524. The van der Waals surface area contributed by atoms with Crippen LogP contribution in [0.4, 0.5) is 11.5 Å². The van der Waals surface area contributed by atoms with E-state index in [-0.39, 0.29) is 0 Å². The summed E-state index contributed by atoms with van der Waals surface area (Å²) in [7, 11) is 0. The standard InChI is InChI=1S/C22H20N4/c23-18-11-12-19-20(15-18)25-21(17-9-5-2-6-10-17)26-22(19)24-14-13-16-7-3-1-4-8-16/h1-12,15H,13-14,23H2,(H,24,25,26). The van der Waals surface area contributed by atoms with Crippen LogP contribution in [0.2, 0.25) is 0 Å². The summed E-state index contributed by atoms with van der Waals surface area (Å²) in [4.78, 5) is 9.47. The molecule has 4 aromatic rings. The molecule has 1 heterocycles. The van der Waals surface area contributed by atoms with E-state index in [1.807, 2.05) is 54.6 Å². The first kappa shape index (κ1) is 16.1. The van der Waals surface area contributed by atoms with Gasteiger partial charge in [0.15, 0.2) is 5.82 Å². The Morgan fingerprint density at radius 1 is 0.808 bits per heavy atom. The van der Waals surface area contributed by atoms with Crippen LogP contribution in [0.15, 0.2) is 78.9 Å². The second kappa shape index (κ2) is 7.23. The molecule has 0 aliphatic carbocycles. The van der Waals surface area contributed by atoms with Crippen molar-refractivity contribution in [2.45, 2.75) is 6.42 Å². The van der Waals surface area contributed by atoms with E-state index in [9.17, 15) is 0 Å². The third kappa shape index (κ3) is 3.49. The van der Waals surface area contributed by atoms with Gasteiger partial charge in [-0.1, -0.05) is 60.7 Å². The van der Waals surface area contributed by atoms with Crippen LogP contribution >= 0.6 is 0 Å². The molecule has 26 heavy (non-hydrogen) atoms. The van der Waals surface area contributed by atoms with E-state index < -0.39 is 0 Å². The monoisotopic (exact) mass is 340 g/mol. The number of benzene rings is 3. The van der Waals surface area contributed by atoms with Gasteiger partial charge >= 0.3 is 0 Å². The summed E-state index contributed by atoms with van der Waals surface area (Å²) < 4.78 is 0. The molecule has 3 N–H and O–H groups in total. The van der Waals surface area contributed by atoms with Crippen molar-refractivity contribution in [3.63, 3.8) is 0 Å². The predicted octanol–water partition coefficient (Wildman–Crippen LogP) is 4.53. The summed E-state index contributed by atoms with van der Waals surface area (Å²) in [5, 5.41) is 4.45. The van der Waals surface area contributed by atoms with Crippen LogP contribution in [0.5, 0.6) is 0 Å². The Hall–Kier alpha value is -3.40. The number of nitrogens with one attached hydrogen (secondary N) is 1. The fourth-order valence-electron chi connectivity index (χ4n) is 2.97. The van der Waals surface area contributed by atoms with Gasteiger partial charge in [0.1, 0.15) is 5.82 Å². The number of nitrogens with zero attached hydrogens (tertiary/aromatic N) is 2. The van der Waals surface area contributed by atoms with E-state index in [2.05, 4.69) is 29.6 Å². The Bertz CT molecular complexity index is 1010. The van der Waals surface area contributed by atoms with Crippen molar-refractivity contribution in [2.24, 2.45) is 0 Å². The molecule has 0 aliphatic rings. The first-order valence-corrected chi connectivity index (χ1v) is 8.70. The molecule has 0 aliphatic heterocycles. The molecule has 0 amide bonds. The van der Waals surface area contributed by atoms with Crippen LogP contribution in [-0.2, 0) is 6.42 Å². The molecule has 4 rings (SSSR count). The first-order valence-electron chi connectivity index (χ1n) is 8.70. The summed E-state index contributed by atoms with van der Waals surface area (Å²) in [5.74, 6) is 1.54. The van der Waals surface area contributed by atoms with E-state index in [0.717, 1.165) is 35.2 Å². The van der Waals surface area contributed by atoms with Gasteiger partial charge in [-0.25, -0.2) is 9.97 Å². The molecule has 0 saturated carbocycles. The number of nitrogens with two attached hydrogens (primary N) is 1. The van der Waals surface area contributed by atoms with E-state index >= 15 is 0 Å². The van der Waals surface area contributed by atoms with Crippen molar-refractivity contribution >= 4 is 22.4 Å². The Balaban J connectivity index is 1.67. The van der Waals surface area contributed by atoms with Crippen LogP contribution in [0.25, 0.3) is 22.3 Å². The summed E-state index contributed by atoms with van der Waals surface area (Å²) in [6.45, 7) is 0.800. The van der Waals surface area contributed by atoms with Crippen molar-refractivity contribution in [3.05, 3.63) is 84.4 Å². The van der Waals surface area contributed by atoms with Gasteiger partial charge in [0.2, 0.25) is 0 Å². The van der Waals surface area contributed by atoms with Crippen molar-refractivity contribution < 1.29 is 0 Å². The number of hydrogen-bond acceptors (Lipinski definition) is 4. The first-order chi connectivity index (χ1) is 12.8. The number of anilines is 2.